The minimum absolute atomic E-state index is 0.687. The van der Waals surface area contributed by atoms with Crippen LogP contribution < -0.4 is 5.32 Å². The van der Waals surface area contributed by atoms with Crippen LogP contribution in [0.5, 0.6) is 0 Å². The summed E-state index contributed by atoms with van der Waals surface area (Å²) in [4.78, 5) is 1.40. The molecule has 0 bridgehead atoms. The Balaban J connectivity index is 2.08. The van der Waals surface area contributed by atoms with Crippen LogP contribution >= 0.6 is 22.9 Å². The van der Waals surface area contributed by atoms with Crippen molar-refractivity contribution in [3.8, 4) is 0 Å². The second kappa shape index (κ2) is 4.65. The van der Waals surface area contributed by atoms with Gasteiger partial charge < -0.3 is 5.32 Å². The molecule has 2 unspecified atom stereocenters. The Hall–Kier alpha value is -0.0500. The molecule has 1 N–H and O–H groups in total. The summed E-state index contributed by atoms with van der Waals surface area (Å²) in [5.41, 5.74) is 0. The van der Waals surface area contributed by atoms with Crippen molar-refractivity contribution in [3.05, 3.63) is 21.3 Å². The first-order chi connectivity index (χ1) is 6.81. The molecule has 78 valence electrons. The van der Waals surface area contributed by atoms with Gasteiger partial charge in [0.15, 0.2) is 0 Å². The predicted molar refractivity (Wildman–Crippen MR) is 63.4 cm³/mol. The molecule has 0 aromatic carbocycles. The zero-order valence-corrected chi connectivity index (χ0v) is 10.00. The monoisotopic (exact) mass is 229 g/mol. The topological polar surface area (TPSA) is 12.0 Å². The van der Waals surface area contributed by atoms with E-state index >= 15 is 0 Å². The van der Waals surface area contributed by atoms with E-state index in [0.29, 0.717) is 12.0 Å². The van der Waals surface area contributed by atoms with Crippen molar-refractivity contribution < 1.29 is 0 Å². The molecule has 1 aliphatic rings. The molecule has 0 radical (unpaired) electrons. The lowest BCUT2D eigenvalue weighted by atomic mass is 9.85. The average Bonchev–Trinajstić information content (AvgIpc) is 2.65. The van der Waals surface area contributed by atoms with E-state index in [2.05, 4.69) is 17.7 Å². The van der Waals surface area contributed by atoms with E-state index in [1.54, 1.807) is 0 Å². The number of nitrogens with one attached hydrogen (secondary N) is 1. The molecular formula is C11H16ClNS. The lowest BCUT2D eigenvalue weighted by molar-refractivity contribution is 0.358. The van der Waals surface area contributed by atoms with Crippen molar-refractivity contribution in [3.63, 3.8) is 0 Å². The quantitative estimate of drug-likeness (QED) is 0.817. The van der Waals surface area contributed by atoms with Gasteiger partial charge >= 0.3 is 0 Å². The maximum atomic E-state index is 6.15. The summed E-state index contributed by atoms with van der Waals surface area (Å²) in [5.74, 6) is 0.689. The molecule has 0 spiro atoms. The van der Waals surface area contributed by atoms with Gasteiger partial charge in [-0.2, -0.15) is 0 Å². The van der Waals surface area contributed by atoms with E-state index in [9.17, 15) is 0 Å². The van der Waals surface area contributed by atoms with Crippen LogP contribution in [0.4, 0.5) is 0 Å². The van der Waals surface area contributed by atoms with E-state index in [1.807, 2.05) is 17.4 Å². The highest BCUT2D eigenvalue weighted by atomic mass is 35.5. The number of rotatable bonds is 2. The minimum atomic E-state index is 0.687. The standard InChI is InChI=1S/C11H16ClNS/c1-13-9-4-2-3-8(7-9)11-10(12)5-6-14-11/h5-6,8-9,13H,2-4,7H2,1H3. The molecule has 1 aliphatic carbocycles. The minimum Gasteiger partial charge on any atom is -0.317 e. The number of thiophene rings is 1. The first kappa shape index (κ1) is 10.5. The third-order valence-corrected chi connectivity index (χ3v) is 4.62. The van der Waals surface area contributed by atoms with Gasteiger partial charge in [-0.15, -0.1) is 11.3 Å². The number of halogens is 1. The third-order valence-electron chi connectivity index (χ3n) is 3.10. The molecule has 1 nitrogen and oxygen atoms in total. The second-order valence-electron chi connectivity index (χ2n) is 3.98. The molecule has 0 saturated heterocycles. The van der Waals surface area contributed by atoms with Gasteiger partial charge in [0.2, 0.25) is 0 Å². The first-order valence-electron chi connectivity index (χ1n) is 5.21. The van der Waals surface area contributed by atoms with Crippen molar-refractivity contribution in [2.45, 2.75) is 37.6 Å². The van der Waals surface area contributed by atoms with Gasteiger partial charge in [-0.3, -0.25) is 0 Å². The fourth-order valence-electron chi connectivity index (χ4n) is 2.29. The van der Waals surface area contributed by atoms with Gasteiger partial charge in [0.05, 0.1) is 5.02 Å². The van der Waals surface area contributed by atoms with Crippen molar-refractivity contribution in [2.75, 3.05) is 7.05 Å². The summed E-state index contributed by atoms with van der Waals surface area (Å²) in [6, 6.07) is 2.71. The van der Waals surface area contributed by atoms with Crippen LogP contribution in [0.15, 0.2) is 11.4 Å². The van der Waals surface area contributed by atoms with Crippen LogP contribution in [0.3, 0.4) is 0 Å². The van der Waals surface area contributed by atoms with Crippen LogP contribution in [0.1, 0.15) is 36.5 Å². The Morgan fingerprint density at radius 3 is 3.00 bits per heavy atom. The van der Waals surface area contributed by atoms with E-state index in [0.717, 1.165) is 5.02 Å². The van der Waals surface area contributed by atoms with E-state index in [4.69, 9.17) is 11.6 Å². The Labute approximate surface area is 94.5 Å². The molecule has 14 heavy (non-hydrogen) atoms. The maximum absolute atomic E-state index is 6.15. The smallest absolute Gasteiger partial charge is 0.0547 e. The van der Waals surface area contributed by atoms with Gasteiger partial charge in [0.1, 0.15) is 0 Å². The lowest BCUT2D eigenvalue weighted by Gasteiger charge is -2.28. The average molecular weight is 230 g/mol. The van der Waals surface area contributed by atoms with Crippen molar-refractivity contribution in [2.24, 2.45) is 0 Å². The molecule has 3 heteroatoms. The summed E-state index contributed by atoms with van der Waals surface area (Å²) in [7, 11) is 2.06. The van der Waals surface area contributed by atoms with E-state index in [1.165, 1.54) is 30.6 Å². The lowest BCUT2D eigenvalue weighted by Crippen LogP contribution is -2.30. The van der Waals surface area contributed by atoms with Crippen LogP contribution in [-0.4, -0.2) is 13.1 Å². The molecule has 2 rings (SSSR count). The molecule has 0 amide bonds. The van der Waals surface area contributed by atoms with Crippen LogP contribution in [0.2, 0.25) is 5.02 Å². The number of hydrogen-bond acceptors (Lipinski definition) is 2. The SMILES string of the molecule is CNC1CCCC(c2sccc2Cl)C1. The zero-order valence-electron chi connectivity index (χ0n) is 8.42. The molecule has 1 aromatic heterocycles. The highest BCUT2D eigenvalue weighted by Gasteiger charge is 2.24. The molecule has 2 atom stereocenters. The second-order valence-corrected chi connectivity index (χ2v) is 5.34. The van der Waals surface area contributed by atoms with E-state index in [-0.39, 0.29) is 0 Å². The first-order valence-corrected chi connectivity index (χ1v) is 6.47. The van der Waals surface area contributed by atoms with Gasteiger partial charge in [0.25, 0.3) is 0 Å². The summed E-state index contributed by atoms with van der Waals surface area (Å²) in [6.07, 6.45) is 5.19. The molecule has 0 aliphatic heterocycles. The zero-order chi connectivity index (χ0) is 9.97. The van der Waals surface area contributed by atoms with Gasteiger partial charge in [0, 0.05) is 10.9 Å². The molecule has 1 heterocycles. The Morgan fingerprint density at radius 1 is 1.50 bits per heavy atom. The Kier molecular flexibility index (Phi) is 3.47. The number of hydrogen-bond donors (Lipinski definition) is 1. The normalized spacial score (nSPS) is 27.9. The Morgan fingerprint density at radius 2 is 2.36 bits per heavy atom. The predicted octanol–water partition coefficient (Wildman–Crippen LogP) is 3.65. The fourth-order valence-corrected chi connectivity index (χ4v) is 3.65. The van der Waals surface area contributed by atoms with Crippen LogP contribution in [0.25, 0.3) is 0 Å². The van der Waals surface area contributed by atoms with Gasteiger partial charge in [-0.25, -0.2) is 0 Å². The molecule has 1 saturated carbocycles. The van der Waals surface area contributed by atoms with Crippen molar-refractivity contribution >= 4 is 22.9 Å². The van der Waals surface area contributed by atoms with Crippen molar-refractivity contribution in [1.82, 2.24) is 5.32 Å². The van der Waals surface area contributed by atoms with Crippen molar-refractivity contribution in [1.29, 1.82) is 0 Å². The maximum Gasteiger partial charge on any atom is 0.0547 e. The fraction of sp³-hybridized carbons (Fsp3) is 0.636. The summed E-state index contributed by atoms with van der Waals surface area (Å²) in [6.45, 7) is 0. The van der Waals surface area contributed by atoms with E-state index < -0.39 is 0 Å². The largest absolute Gasteiger partial charge is 0.317 e. The molecule has 1 fully saturated rings. The highest BCUT2D eigenvalue weighted by molar-refractivity contribution is 7.10. The Bertz CT molecular complexity index is 297. The van der Waals surface area contributed by atoms with Gasteiger partial charge in [-0.05, 0) is 43.7 Å². The van der Waals surface area contributed by atoms with Crippen LogP contribution in [-0.2, 0) is 0 Å². The summed E-state index contributed by atoms with van der Waals surface area (Å²) < 4.78 is 0. The summed E-state index contributed by atoms with van der Waals surface area (Å²) >= 11 is 7.96. The molecule has 1 aromatic rings. The van der Waals surface area contributed by atoms with Gasteiger partial charge in [-0.1, -0.05) is 18.0 Å². The third kappa shape index (κ3) is 2.13. The highest BCUT2D eigenvalue weighted by Crippen LogP contribution is 2.39. The summed E-state index contributed by atoms with van der Waals surface area (Å²) in [5, 5.41) is 6.44. The van der Waals surface area contributed by atoms with Crippen LogP contribution in [0, 0.1) is 0 Å². The molecular weight excluding hydrogens is 214 g/mol.